The highest BCUT2D eigenvalue weighted by Gasteiger charge is 2.24. The van der Waals surface area contributed by atoms with Crippen LogP contribution in [0.25, 0.3) is 0 Å². The van der Waals surface area contributed by atoms with Gasteiger partial charge in [-0.1, -0.05) is 24.3 Å². The summed E-state index contributed by atoms with van der Waals surface area (Å²) in [6.07, 6.45) is 3.38. The van der Waals surface area contributed by atoms with Crippen LogP contribution in [0.5, 0.6) is 0 Å². The summed E-state index contributed by atoms with van der Waals surface area (Å²) >= 11 is 6.30. The van der Waals surface area contributed by atoms with Crippen LogP contribution >= 0.6 is 11.6 Å². The van der Waals surface area contributed by atoms with Crippen LogP contribution < -0.4 is 0 Å². The zero-order chi connectivity index (χ0) is 13.7. The quantitative estimate of drug-likeness (QED) is 0.794. The predicted octanol–water partition coefficient (Wildman–Crippen LogP) is 3.13. The van der Waals surface area contributed by atoms with Crippen LogP contribution in [0, 0.1) is 0 Å². The second-order valence-corrected chi connectivity index (χ2v) is 5.36. The van der Waals surface area contributed by atoms with E-state index in [0.29, 0.717) is 6.61 Å². The number of hydrogen-bond acceptors (Lipinski definition) is 2. The van der Waals surface area contributed by atoms with Crippen molar-refractivity contribution in [1.29, 1.82) is 0 Å². The lowest BCUT2D eigenvalue weighted by Crippen LogP contribution is -2.37. The summed E-state index contributed by atoms with van der Waals surface area (Å²) in [6, 6.07) is 7.73. The van der Waals surface area contributed by atoms with Crippen molar-refractivity contribution in [2.24, 2.45) is 0 Å². The van der Waals surface area contributed by atoms with E-state index < -0.39 is 5.38 Å². The van der Waals surface area contributed by atoms with Gasteiger partial charge in [-0.05, 0) is 30.4 Å². The van der Waals surface area contributed by atoms with E-state index in [1.54, 1.807) is 7.11 Å². The number of alkyl halides is 1. The van der Waals surface area contributed by atoms with E-state index in [4.69, 9.17) is 16.3 Å². The number of methoxy groups -OCH3 is 1. The molecule has 0 bridgehead atoms. The molecule has 1 aromatic rings. The summed E-state index contributed by atoms with van der Waals surface area (Å²) in [7, 11) is 1.66. The number of halogens is 1. The molecule has 0 saturated carbocycles. The fourth-order valence-electron chi connectivity index (χ4n) is 2.37. The SMILES string of the molecule is COCc1ccc(C(Cl)C(=O)N2CCCCC2)cc1. The Kier molecular flexibility index (Phi) is 5.23. The third-order valence-corrected chi connectivity index (χ3v) is 3.91. The molecule has 104 valence electrons. The molecule has 0 spiro atoms. The van der Waals surface area contributed by atoms with E-state index in [-0.39, 0.29) is 5.91 Å². The summed E-state index contributed by atoms with van der Waals surface area (Å²) in [5, 5.41) is -0.574. The van der Waals surface area contributed by atoms with Crippen molar-refractivity contribution in [2.75, 3.05) is 20.2 Å². The summed E-state index contributed by atoms with van der Waals surface area (Å²) in [5.41, 5.74) is 1.94. The Morgan fingerprint density at radius 2 is 1.89 bits per heavy atom. The van der Waals surface area contributed by atoms with Gasteiger partial charge in [0.1, 0.15) is 5.38 Å². The molecular formula is C15H20ClNO2. The zero-order valence-corrected chi connectivity index (χ0v) is 12.0. The molecule has 3 nitrogen and oxygen atoms in total. The van der Waals surface area contributed by atoms with E-state index in [2.05, 4.69) is 0 Å². The minimum atomic E-state index is -0.574. The average molecular weight is 282 g/mol. The molecule has 1 fully saturated rings. The van der Waals surface area contributed by atoms with Gasteiger partial charge in [-0.2, -0.15) is 0 Å². The third-order valence-electron chi connectivity index (χ3n) is 3.47. The third kappa shape index (κ3) is 3.71. The summed E-state index contributed by atoms with van der Waals surface area (Å²) < 4.78 is 5.06. The Bertz CT molecular complexity index is 413. The molecule has 19 heavy (non-hydrogen) atoms. The first-order valence-electron chi connectivity index (χ1n) is 6.73. The Morgan fingerprint density at radius 3 is 2.47 bits per heavy atom. The maximum atomic E-state index is 12.3. The highest BCUT2D eigenvalue weighted by atomic mass is 35.5. The lowest BCUT2D eigenvalue weighted by molar-refractivity contribution is -0.131. The van der Waals surface area contributed by atoms with Gasteiger partial charge in [0.2, 0.25) is 5.91 Å². The number of amides is 1. The van der Waals surface area contributed by atoms with Gasteiger partial charge in [-0.3, -0.25) is 4.79 Å². The Morgan fingerprint density at radius 1 is 1.26 bits per heavy atom. The average Bonchev–Trinajstić information content (AvgIpc) is 2.48. The summed E-state index contributed by atoms with van der Waals surface area (Å²) in [4.78, 5) is 14.2. The number of carbonyl (C=O) groups is 1. The molecule has 1 aliphatic rings. The first-order chi connectivity index (χ1) is 9.22. The van der Waals surface area contributed by atoms with Gasteiger partial charge in [0.15, 0.2) is 0 Å². The van der Waals surface area contributed by atoms with Crippen LogP contribution in [0.1, 0.15) is 35.8 Å². The van der Waals surface area contributed by atoms with Crippen molar-refractivity contribution < 1.29 is 9.53 Å². The molecule has 0 N–H and O–H groups in total. The van der Waals surface area contributed by atoms with Crippen molar-refractivity contribution in [2.45, 2.75) is 31.2 Å². The molecule has 1 heterocycles. The van der Waals surface area contributed by atoms with Gasteiger partial charge >= 0.3 is 0 Å². The van der Waals surface area contributed by atoms with Crippen LogP contribution in [0.4, 0.5) is 0 Å². The van der Waals surface area contributed by atoms with Gasteiger partial charge in [-0.25, -0.2) is 0 Å². The molecule has 0 aromatic heterocycles. The summed E-state index contributed by atoms with van der Waals surface area (Å²) in [5.74, 6) is 0.0286. The van der Waals surface area contributed by atoms with Crippen LogP contribution in [-0.4, -0.2) is 31.0 Å². The fourth-order valence-corrected chi connectivity index (χ4v) is 2.65. The Labute approximate surface area is 119 Å². The maximum absolute atomic E-state index is 12.3. The van der Waals surface area contributed by atoms with E-state index in [0.717, 1.165) is 37.1 Å². The summed E-state index contributed by atoms with van der Waals surface area (Å²) in [6.45, 7) is 2.25. The number of rotatable bonds is 4. The molecular weight excluding hydrogens is 262 g/mol. The van der Waals surface area contributed by atoms with Crippen molar-refractivity contribution >= 4 is 17.5 Å². The maximum Gasteiger partial charge on any atom is 0.245 e. The first-order valence-corrected chi connectivity index (χ1v) is 7.16. The van der Waals surface area contributed by atoms with E-state index in [1.807, 2.05) is 29.2 Å². The number of carbonyl (C=O) groups excluding carboxylic acids is 1. The topological polar surface area (TPSA) is 29.5 Å². The molecule has 1 aliphatic heterocycles. The smallest absolute Gasteiger partial charge is 0.245 e. The number of ether oxygens (including phenoxy) is 1. The zero-order valence-electron chi connectivity index (χ0n) is 11.3. The largest absolute Gasteiger partial charge is 0.380 e. The van der Waals surface area contributed by atoms with Crippen molar-refractivity contribution in [1.82, 2.24) is 4.90 Å². The highest BCUT2D eigenvalue weighted by Crippen LogP contribution is 2.25. The fraction of sp³-hybridized carbons (Fsp3) is 0.533. The van der Waals surface area contributed by atoms with E-state index >= 15 is 0 Å². The lowest BCUT2D eigenvalue weighted by atomic mass is 10.1. The standard InChI is InChI=1S/C15H20ClNO2/c1-19-11-12-5-7-13(8-6-12)14(16)15(18)17-9-3-2-4-10-17/h5-8,14H,2-4,9-11H2,1H3. The first kappa shape index (κ1) is 14.4. The van der Waals surface area contributed by atoms with Crippen molar-refractivity contribution in [3.8, 4) is 0 Å². The number of piperidine rings is 1. The molecule has 1 amide bonds. The van der Waals surface area contributed by atoms with Crippen LogP contribution in [0.15, 0.2) is 24.3 Å². The molecule has 1 aromatic carbocycles. The van der Waals surface area contributed by atoms with Crippen LogP contribution in [-0.2, 0) is 16.1 Å². The molecule has 1 unspecified atom stereocenters. The second kappa shape index (κ2) is 6.92. The number of nitrogens with zero attached hydrogens (tertiary/aromatic N) is 1. The Hall–Kier alpha value is -1.06. The van der Waals surface area contributed by atoms with Gasteiger partial charge in [0.05, 0.1) is 6.61 Å². The van der Waals surface area contributed by atoms with E-state index in [1.165, 1.54) is 6.42 Å². The van der Waals surface area contributed by atoms with Gasteiger partial charge in [0, 0.05) is 20.2 Å². The van der Waals surface area contributed by atoms with Crippen molar-refractivity contribution in [3.63, 3.8) is 0 Å². The highest BCUT2D eigenvalue weighted by molar-refractivity contribution is 6.30. The molecule has 1 atom stereocenters. The Balaban J connectivity index is 2.01. The molecule has 0 aliphatic carbocycles. The molecule has 0 radical (unpaired) electrons. The lowest BCUT2D eigenvalue weighted by Gasteiger charge is -2.28. The van der Waals surface area contributed by atoms with Gasteiger partial charge < -0.3 is 9.64 Å². The number of benzene rings is 1. The number of hydrogen-bond donors (Lipinski definition) is 0. The predicted molar refractivity (Wildman–Crippen MR) is 76.2 cm³/mol. The van der Waals surface area contributed by atoms with Crippen LogP contribution in [0.2, 0.25) is 0 Å². The van der Waals surface area contributed by atoms with Gasteiger partial charge in [0.25, 0.3) is 0 Å². The van der Waals surface area contributed by atoms with Gasteiger partial charge in [-0.15, -0.1) is 11.6 Å². The minimum absolute atomic E-state index is 0.0286. The molecule has 2 rings (SSSR count). The minimum Gasteiger partial charge on any atom is -0.380 e. The van der Waals surface area contributed by atoms with Crippen LogP contribution in [0.3, 0.4) is 0 Å². The van der Waals surface area contributed by atoms with E-state index in [9.17, 15) is 4.79 Å². The number of likely N-dealkylation sites (tertiary alicyclic amines) is 1. The normalized spacial score (nSPS) is 17.3. The van der Waals surface area contributed by atoms with Crippen molar-refractivity contribution in [3.05, 3.63) is 35.4 Å². The molecule has 1 saturated heterocycles. The monoisotopic (exact) mass is 281 g/mol. The second-order valence-electron chi connectivity index (χ2n) is 4.92. The molecule has 4 heteroatoms.